The van der Waals surface area contributed by atoms with Crippen molar-refractivity contribution >= 4 is 18.0 Å². The van der Waals surface area contributed by atoms with Crippen LogP contribution in [0.15, 0.2) is 0 Å². The summed E-state index contributed by atoms with van der Waals surface area (Å²) >= 11 is 0. The summed E-state index contributed by atoms with van der Waals surface area (Å²) in [5.41, 5.74) is 0. The van der Waals surface area contributed by atoms with E-state index in [0.717, 1.165) is 4.90 Å². The van der Waals surface area contributed by atoms with Crippen molar-refractivity contribution in [3.63, 3.8) is 0 Å². The highest BCUT2D eigenvalue weighted by Crippen LogP contribution is 2.17. The molecule has 8 nitrogen and oxygen atoms in total. The number of aliphatic carboxylic acids is 1. The van der Waals surface area contributed by atoms with E-state index in [1.807, 2.05) is 0 Å². The Balaban J connectivity index is 2.50. The predicted molar refractivity (Wildman–Crippen MR) is 58.8 cm³/mol. The number of esters is 1. The molecule has 3 N–H and O–H groups in total. The van der Waals surface area contributed by atoms with E-state index in [2.05, 4.69) is 10.1 Å². The van der Waals surface area contributed by atoms with E-state index in [1.54, 1.807) is 6.92 Å². The largest absolute Gasteiger partial charge is 0.480 e. The highest BCUT2D eigenvalue weighted by atomic mass is 16.5. The molecule has 2 amide bonds. The lowest BCUT2D eigenvalue weighted by molar-refractivity contribution is -0.141. The Bertz CT molecular complexity index is 345. The van der Waals surface area contributed by atoms with Crippen molar-refractivity contribution in [2.45, 2.75) is 25.5 Å². The smallest absolute Gasteiger partial charge is 0.326 e. The van der Waals surface area contributed by atoms with Gasteiger partial charge in [-0.2, -0.15) is 0 Å². The number of carboxylic acid groups (broad SMARTS) is 1. The Morgan fingerprint density at radius 1 is 1.44 bits per heavy atom. The summed E-state index contributed by atoms with van der Waals surface area (Å²) < 4.78 is 4.61. The number of rotatable bonds is 4. The van der Waals surface area contributed by atoms with Gasteiger partial charge in [0.1, 0.15) is 12.6 Å². The number of ether oxygens (including phenoxy) is 1. The Hall–Kier alpha value is -1.83. The van der Waals surface area contributed by atoms with E-state index in [0.29, 0.717) is 0 Å². The highest BCUT2D eigenvalue weighted by molar-refractivity contribution is 5.85. The third kappa shape index (κ3) is 3.59. The van der Waals surface area contributed by atoms with E-state index in [9.17, 15) is 19.5 Å². The number of nitrogens with zero attached hydrogens (tertiary/aromatic N) is 1. The van der Waals surface area contributed by atoms with Crippen LogP contribution in [-0.4, -0.2) is 64.9 Å². The van der Waals surface area contributed by atoms with Gasteiger partial charge in [-0.3, -0.25) is 4.79 Å². The molecule has 102 valence electrons. The van der Waals surface area contributed by atoms with Crippen LogP contribution in [0.1, 0.15) is 13.3 Å². The first-order valence-corrected chi connectivity index (χ1v) is 5.56. The van der Waals surface area contributed by atoms with Crippen LogP contribution in [0.5, 0.6) is 0 Å². The molecule has 0 aromatic heterocycles. The first-order chi connectivity index (χ1) is 8.45. The number of hydrogen-bond donors (Lipinski definition) is 3. The molecule has 1 fully saturated rings. The molecular weight excluding hydrogens is 244 g/mol. The van der Waals surface area contributed by atoms with Crippen LogP contribution in [0.3, 0.4) is 0 Å². The van der Waals surface area contributed by atoms with Crippen LogP contribution >= 0.6 is 0 Å². The van der Waals surface area contributed by atoms with Crippen molar-refractivity contribution in [2.24, 2.45) is 0 Å². The molecular formula is C10H16N2O6. The summed E-state index contributed by atoms with van der Waals surface area (Å²) in [5.74, 6) is -1.78. The quantitative estimate of drug-likeness (QED) is 0.545. The van der Waals surface area contributed by atoms with E-state index in [1.165, 1.54) is 0 Å². The third-order valence-electron chi connectivity index (χ3n) is 2.51. The molecule has 1 saturated heterocycles. The van der Waals surface area contributed by atoms with Gasteiger partial charge in [0, 0.05) is 13.0 Å². The number of likely N-dealkylation sites (tertiary alicyclic amines) is 1. The molecule has 1 rings (SSSR count). The Morgan fingerprint density at radius 3 is 2.67 bits per heavy atom. The monoisotopic (exact) mass is 260 g/mol. The zero-order valence-electron chi connectivity index (χ0n) is 9.96. The van der Waals surface area contributed by atoms with Crippen molar-refractivity contribution in [1.82, 2.24) is 10.2 Å². The number of hydrogen-bond acceptors (Lipinski definition) is 5. The minimum absolute atomic E-state index is 0.0117. The molecule has 0 aromatic rings. The van der Waals surface area contributed by atoms with Crippen molar-refractivity contribution in [3.05, 3.63) is 0 Å². The van der Waals surface area contributed by atoms with Gasteiger partial charge in [0.05, 0.1) is 12.7 Å². The molecule has 18 heavy (non-hydrogen) atoms. The Kier molecular flexibility index (Phi) is 4.90. The lowest BCUT2D eigenvalue weighted by Gasteiger charge is -2.21. The van der Waals surface area contributed by atoms with E-state index >= 15 is 0 Å². The molecule has 1 aliphatic heterocycles. The van der Waals surface area contributed by atoms with E-state index in [-0.39, 0.29) is 26.1 Å². The number of β-amino-alcohol motifs (C(OH)–C–C–N with tert-alkyl or cyclic N) is 1. The van der Waals surface area contributed by atoms with Crippen LogP contribution in [-0.2, 0) is 14.3 Å². The molecule has 8 heteroatoms. The second-order valence-corrected chi connectivity index (χ2v) is 3.86. The Labute approximate surface area is 104 Å². The average Bonchev–Trinajstić information content (AvgIpc) is 2.69. The summed E-state index contributed by atoms with van der Waals surface area (Å²) in [6, 6.07) is -1.77. The highest BCUT2D eigenvalue weighted by Gasteiger charge is 2.38. The summed E-state index contributed by atoms with van der Waals surface area (Å²) in [7, 11) is 0. The zero-order valence-corrected chi connectivity index (χ0v) is 9.96. The lowest BCUT2D eigenvalue weighted by Crippen LogP contribution is -2.47. The van der Waals surface area contributed by atoms with Gasteiger partial charge >= 0.3 is 18.0 Å². The van der Waals surface area contributed by atoms with Gasteiger partial charge in [0.25, 0.3) is 0 Å². The van der Waals surface area contributed by atoms with Crippen LogP contribution in [0.4, 0.5) is 4.79 Å². The maximum Gasteiger partial charge on any atom is 0.326 e. The molecule has 2 unspecified atom stereocenters. The van der Waals surface area contributed by atoms with E-state index < -0.39 is 30.1 Å². The summed E-state index contributed by atoms with van der Waals surface area (Å²) in [5, 5.41) is 20.5. The van der Waals surface area contributed by atoms with Crippen molar-refractivity contribution < 1.29 is 29.3 Å². The number of urea groups is 1. The fourth-order valence-corrected chi connectivity index (χ4v) is 1.73. The number of amides is 2. The second kappa shape index (κ2) is 6.20. The zero-order chi connectivity index (χ0) is 13.7. The van der Waals surface area contributed by atoms with E-state index in [4.69, 9.17) is 5.11 Å². The van der Waals surface area contributed by atoms with Crippen LogP contribution < -0.4 is 5.32 Å². The van der Waals surface area contributed by atoms with Gasteiger partial charge in [0.2, 0.25) is 0 Å². The molecule has 0 aromatic carbocycles. The fourth-order valence-electron chi connectivity index (χ4n) is 1.73. The summed E-state index contributed by atoms with van der Waals surface area (Å²) in [6.07, 6.45) is -0.873. The number of nitrogens with one attached hydrogen (secondary N) is 1. The minimum atomic E-state index is -1.18. The normalized spacial score (nSPS) is 22.7. The number of carboxylic acids is 1. The fraction of sp³-hybridized carbons (Fsp3) is 0.700. The van der Waals surface area contributed by atoms with Crippen LogP contribution in [0.2, 0.25) is 0 Å². The van der Waals surface area contributed by atoms with Gasteiger partial charge in [-0.1, -0.05) is 0 Å². The van der Waals surface area contributed by atoms with Crippen molar-refractivity contribution in [1.29, 1.82) is 0 Å². The third-order valence-corrected chi connectivity index (χ3v) is 2.51. The SMILES string of the molecule is CCOC(=O)CNC(=O)N1CC(O)CC1C(=O)O. The Morgan fingerprint density at radius 2 is 2.11 bits per heavy atom. The topological polar surface area (TPSA) is 116 Å². The van der Waals surface area contributed by atoms with Gasteiger partial charge in [-0.25, -0.2) is 9.59 Å². The summed E-state index contributed by atoms with van der Waals surface area (Å²) in [6.45, 7) is 1.45. The standard InChI is InChI=1S/C10H16N2O6/c1-2-18-8(14)4-11-10(17)12-5-6(13)3-7(12)9(15)16/h6-7,13H,2-5H2,1H3,(H,11,17)(H,15,16). The molecule has 0 bridgehead atoms. The van der Waals surface area contributed by atoms with Crippen LogP contribution in [0, 0.1) is 0 Å². The molecule has 1 aliphatic rings. The molecule has 0 spiro atoms. The number of aliphatic hydroxyl groups excluding tert-OH is 1. The molecule has 2 atom stereocenters. The van der Waals surface area contributed by atoms with Gasteiger partial charge in [0.15, 0.2) is 0 Å². The second-order valence-electron chi connectivity index (χ2n) is 3.86. The maximum atomic E-state index is 11.6. The van der Waals surface area contributed by atoms with Crippen LogP contribution in [0.25, 0.3) is 0 Å². The first kappa shape index (κ1) is 14.2. The molecule has 1 heterocycles. The number of carbonyl (C=O) groups is 3. The molecule has 0 saturated carbocycles. The number of aliphatic hydroxyl groups is 1. The average molecular weight is 260 g/mol. The molecule has 0 radical (unpaired) electrons. The van der Waals surface area contributed by atoms with Gasteiger partial charge < -0.3 is 25.2 Å². The first-order valence-electron chi connectivity index (χ1n) is 5.56. The van der Waals surface area contributed by atoms with Crippen molar-refractivity contribution in [3.8, 4) is 0 Å². The molecule has 0 aliphatic carbocycles. The van der Waals surface area contributed by atoms with Gasteiger partial charge in [-0.15, -0.1) is 0 Å². The maximum absolute atomic E-state index is 11.6. The number of carbonyl (C=O) groups excluding carboxylic acids is 2. The minimum Gasteiger partial charge on any atom is -0.480 e. The van der Waals surface area contributed by atoms with Crippen molar-refractivity contribution in [2.75, 3.05) is 19.7 Å². The lowest BCUT2D eigenvalue weighted by atomic mass is 10.2. The van der Waals surface area contributed by atoms with Gasteiger partial charge in [-0.05, 0) is 6.92 Å². The summed E-state index contributed by atoms with van der Waals surface area (Å²) in [4.78, 5) is 34.5. The predicted octanol–water partition coefficient (Wildman–Crippen LogP) is -1.22.